The molecule has 5 nitrogen and oxygen atoms in total. The molecule has 0 atom stereocenters. The smallest absolute Gasteiger partial charge is 0.301 e. The lowest BCUT2D eigenvalue weighted by Crippen LogP contribution is -2.12. The third-order valence-corrected chi connectivity index (χ3v) is 2.54. The number of nitrogens with one attached hydrogen (secondary N) is 1. The minimum Gasteiger partial charge on any atom is -0.507 e. The van der Waals surface area contributed by atoms with E-state index in [-0.39, 0.29) is 17.3 Å². The van der Waals surface area contributed by atoms with Crippen LogP contribution in [0.15, 0.2) is 33.4 Å². The molecule has 1 aromatic heterocycles. The first-order valence-electron chi connectivity index (χ1n) is 4.78. The van der Waals surface area contributed by atoms with Gasteiger partial charge in [-0.05, 0) is 25.1 Å². The van der Waals surface area contributed by atoms with Crippen LogP contribution in [0.5, 0.6) is 5.75 Å². The summed E-state index contributed by atoms with van der Waals surface area (Å²) < 4.78 is 5.69. The minimum atomic E-state index is -0.481. The monoisotopic (exact) mass is 296 g/mol. The van der Waals surface area contributed by atoms with Gasteiger partial charge in [-0.2, -0.15) is 4.98 Å². The zero-order chi connectivity index (χ0) is 12.4. The maximum absolute atomic E-state index is 11.8. The van der Waals surface area contributed by atoms with Crippen LogP contribution in [0.4, 0.5) is 6.01 Å². The van der Waals surface area contributed by atoms with E-state index in [1.54, 1.807) is 13.0 Å². The number of oxazole rings is 1. The summed E-state index contributed by atoms with van der Waals surface area (Å²) in [5.41, 5.74) is 0.814. The first kappa shape index (κ1) is 11.7. The molecule has 0 saturated carbocycles. The molecule has 2 N–H and O–H groups in total. The molecule has 0 aliphatic heterocycles. The number of aromatic hydroxyl groups is 1. The number of hydrogen-bond acceptors (Lipinski definition) is 4. The Morgan fingerprint density at radius 1 is 1.53 bits per heavy atom. The van der Waals surface area contributed by atoms with E-state index >= 15 is 0 Å². The van der Waals surface area contributed by atoms with Gasteiger partial charge in [0.05, 0.1) is 11.3 Å². The van der Waals surface area contributed by atoms with Gasteiger partial charge in [-0.1, -0.05) is 15.9 Å². The van der Waals surface area contributed by atoms with Crippen LogP contribution >= 0.6 is 15.9 Å². The van der Waals surface area contributed by atoms with Crippen LogP contribution in [0.3, 0.4) is 0 Å². The number of aromatic nitrogens is 1. The van der Waals surface area contributed by atoms with E-state index in [1.165, 1.54) is 18.4 Å². The molecule has 1 aromatic carbocycles. The van der Waals surface area contributed by atoms with Crippen molar-refractivity contribution >= 4 is 27.9 Å². The van der Waals surface area contributed by atoms with Crippen LogP contribution in [0.25, 0.3) is 0 Å². The van der Waals surface area contributed by atoms with Gasteiger partial charge in [0.25, 0.3) is 5.91 Å². The predicted octanol–water partition coefficient (Wildman–Crippen LogP) is 2.70. The van der Waals surface area contributed by atoms with Crippen molar-refractivity contribution in [2.45, 2.75) is 6.92 Å². The summed E-state index contributed by atoms with van der Waals surface area (Å²) in [6.07, 6.45) is 1.43. The van der Waals surface area contributed by atoms with E-state index in [0.717, 1.165) is 0 Å². The highest BCUT2D eigenvalue weighted by Gasteiger charge is 2.13. The average molecular weight is 297 g/mol. The lowest BCUT2D eigenvalue weighted by Gasteiger charge is -2.04. The molecule has 6 heteroatoms. The van der Waals surface area contributed by atoms with Crippen molar-refractivity contribution in [3.05, 3.63) is 40.2 Å². The Hall–Kier alpha value is -1.82. The van der Waals surface area contributed by atoms with E-state index in [2.05, 4.69) is 26.2 Å². The van der Waals surface area contributed by atoms with Crippen LogP contribution in [-0.4, -0.2) is 16.0 Å². The van der Waals surface area contributed by atoms with E-state index in [1.807, 2.05) is 0 Å². The number of carbonyl (C=O) groups excluding carboxylic acids is 1. The average Bonchev–Trinajstić information content (AvgIpc) is 2.67. The highest BCUT2D eigenvalue weighted by molar-refractivity contribution is 9.10. The van der Waals surface area contributed by atoms with Crippen molar-refractivity contribution in [3.8, 4) is 5.75 Å². The molecule has 88 valence electrons. The standard InChI is InChI=1S/C11H9BrN2O3/c1-6-5-17-11(13-6)14-10(16)8-4-7(12)2-3-9(8)15/h2-5,15H,1H3,(H,13,14,16). The fraction of sp³-hybridized carbons (Fsp3) is 0.0909. The van der Waals surface area contributed by atoms with Crippen LogP contribution in [0.2, 0.25) is 0 Å². The highest BCUT2D eigenvalue weighted by atomic mass is 79.9. The van der Waals surface area contributed by atoms with Crippen LogP contribution < -0.4 is 5.32 Å². The second-order valence-electron chi connectivity index (χ2n) is 3.41. The van der Waals surface area contributed by atoms with E-state index < -0.39 is 5.91 Å². The number of benzene rings is 1. The number of rotatable bonds is 2. The maximum atomic E-state index is 11.8. The number of nitrogens with zero attached hydrogens (tertiary/aromatic N) is 1. The topological polar surface area (TPSA) is 75.4 Å². The van der Waals surface area contributed by atoms with Gasteiger partial charge in [-0.25, -0.2) is 0 Å². The van der Waals surface area contributed by atoms with Gasteiger partial charge in [0.1, 0.15) is 12.0 Å². The highest BCUT2D eigenvalue weighted by Crippen LogP contribution is 2.22. The van der Waals surface area contributed by atoms with Crippen molar-refractivity contribution in [1.29, 1.82) is 0 Å². The molecule has 0 spiro atoms. The van der Waals surface area contributed by atoms with E-state index in [9.17, 15) is 9.90 Å². The zero-order valence-electron chi connectivity index (χ0n) is 8.90. The number of carbonyl (C=O) groups is 1. The van der Waals surface area contributed by atoms with Crippen LogP contribution in [0, 0.1) is 6.92 Å². The molecule has 0 bridgehead atoms. The number of anilines is 1. The minimum absolute atomic E-state index is 0.103. The third kappa shape index (κ3) is 2.65. The van der Waals surface area contributed by atoms with Gasteiger partial charge in [-0.3, -0.25) is 10.1 Å². The molecule has 2 rings (SSSR count). The molecule has 0 unspecified atom stereocenters. The van der Waals surface area contributed by atoms with Gasteiger partial charge in [0, 0.05) is 4.47 Å². The lowest BCUT2D eigenvalue weighted by molar-refractivity contribution is 0.102. The number of aryl methyl sites for hydroxylation is 1. The number of phenols is 1. The molecule has 2 aromatic rings. The van der Waals surface area contributed by atoms with Gasteiger partial charge < -0.3 is 9.52 Å². The zero-order valence-corrected chi connectivity index (χ0v) is 10.5. The molecule has 0 saturated heterocycles. The summed E-state index contributed by atoms with van der Waals surface area (Å²) >= 11 is 3.22. The van der Waals surface area contributed by atoms with Crippen molar-refractivity contribution in [3.63, 3.8) is 0 Å². The van der Waals surface area contributed by atoms with Crippen molar-refractivity contribution in [2.75, 3.05) is 5.32 Å². The summed E-state index contributed by atoms with van der Waals surface area (Å²) in [4.78, 5) is 15.7. The Balaban J connectivity index is 2.22. The molecule has 1 heterocycles. The Labute approximate surface area is 106 Å². The molecular formula is C11H9BrN2O3. The summed E-state index contributed by atoms with van der Waals surface area (Å²) in [5.74, 6) is -0.584. The molecule has 0 radical (unpaired) electrons. The first-order chi connectivity index (χ1) is 8.06. The molecule has 0 aliphatic rings. The Morgan fingerprint density at radius 3 is 2.94 bits per heavy atom. The largest absolute Gasteiger partial charge is 0.507 e. The first-order valence-corrected chi connectivity index (χ1v) is 5.57. The van der Waals surface area contributed by atoms with Crippen molar-refractivity contribution in [2.24, 2.45) is 0 Å². The number of hydrogen-bond donors (Lipinski definition) is 2. The van der Waals surface area contributed by atoms with Crippen molar-refractivity contribution in [1.82, 2.24) is 4.98 Å². The number of halogens is 1. The second-order valence-corrected chi connectivity index (χ2v) is 4.33. The fourth-order valence-corrected chi connectivity index (χ4v) is 1.63. The second kappa shape index (κ2) is 4.58. The Kier molecular flexibility index (Phi) is 3.14. The quantitative estimate of drug-likeness (QED) is 0.893. The summed E-state index contributed by atoms with van der Waals surface area (Å²) in [5, 5.41) is 12.0. The lowest BCUT2D eigenvalue weighted by atomic mass is 10.2. The molecule has 0 aliphatic carbocycles. The maximum Gasteiger partial charge on any atom is 0.301 e. The molecular weight excluding hydrogens is 288 g/mol. The van der Waals surface area contributed by atoms with Gasteiger partial charge in [0.2, 0.25) is 0 Å². The summed E-state index contributed by atoms with van der Waals surface area (Å²) in [7, 11) is 0. The Morgan fingerprint density at radius 2 is 2.29 bits per heavy atom. The van der Waals surface area contributed by atoms with Crippen LogP contribution in [0.1, 0.15) is 16.1 Å². The third-order valence-electron chi connectivity index (χ3n) is 2.04. The fourth-order valence-electron chi connectivity index (χ4n) is 1.27. The van der Waals surface area contributed by atoms with Gasteiger partial charge in [0.15, 0.2) is 0 Å². The van der Waals surface area contributed by atoms with Crippen molar-refractivity contribution < 1.29 is 14.3 Å². The van der Waals surface area contributed by atoms with Crippen LogP contribution in [-0.2, 0) is 0 Å². The predicted molar refractivity (Wildman–Crippen MR) is 65.0 cm³/mol. The van der Waals surface area contributed by atoms with Gasteiger partial charge >= 0.3 is 6.01 Å². The van der Waals surface area contributed by atoms with E-state index in [0.29, 0.717) is 10.2 Å². The van der Waals surface area contributed by atoms with E-state index in [4.69, 9.17) is 4.42 Å². The summed E-state index contributed by atoms with van der Waals surface area (Å²) in [6, 6.07) is 4.69. The molecule has 0 fully saturated rings. The molecule has 1 amide bonds. The number of phenolic OH excluding ortho intramolecular Hbond substituents is 1. The summed E-state index contributed by atoms with van der Waals surface area (Å²) in [6.45, 7) is 1.75. The van der Waals surface area contributed by atoms with Gasteiger partial charge in [-0.15, -0.1) is 0 Å². The SMILES string of the molecule is Cc1coc(NC(=O)c2cc(Br)ccc2O)n1. The normalized spacial score (nSPS) is 10.2. The molecule has 17 heavy (non-hydrogen) atoms. The number of amides is 1. The Bertz CT molecular complexity index is 566.